The molecule has 0 spiro atoms. The van der Waals surface area contributed by atoms with Crippen LogP contribution in [0.3, 0.4) is 0 Å². The highest BCUT2D eigenvalue weighted by molar-refractivity contribution is 5.40. The van der Waals surface area contributed by atoms with Crippen LogP contribution in [0.2, 0.25) is 0 Å². The van der Waals surface area contributed by atoms with E-state index in [-0.39, 0.29) is 12.2 Å². The lowest BCUT2D eigenvalue weighted by atomic mass is 10.1. The van der Waals surface area contributed by atoms with Gasteiger partial charge in [0.05, 0.1) is 24.9 Å². The summed E-state index contributed by atoms with van der Waals surface area (Å²) in [5.74, 6) is 6.37. The third-order valence-electron chi connectivity index (χ3n) is 3.81. The summed E-state index contributed by atoms with van der Waals surface area (Å²) >= 11 is 0. The number of anilines is 2. The molecule has 8 nitrogen and oxygen atoms in total. The van der Waals surface area contributed by atoms with E-state index in [1.807, 2.05) is 13.8 Å². The van der Waals surface area contributed by atoms with Crippen LogP contribution in [0.25, 0.3) is 0 Å². The third kappa shape index (κ3) is 3.01. The van der Waals surface area contributed by atoms with Crippen LogP contribution in [0.15, 0.2) is 0 Å². The second kappa shape index (κ2) is 5.98. The molecular formula is C13H22N6O2. The van der Waals surface area contributed by atoms with Crippen LogP contribution >= 0.6 is 0 Å². The van der Waals surface area contributed by atoms with Gasteiger partial charge in [-0.25, -0.2) is 5.84 Å². The van der Waals surface area contributed by atoms with Crippen LogP contribution < -0.4 is 20.9 Å². The number of rotatable bonds is 4. The van der Waals surface area contributed by atoms with Gasteiger partial charge in [0.1, 0.15) is 0 Å². The van der Waals surface area contributed by atoms with Gasteiger partial charge in [-0.2, -0.15) is 15.0 Å². The topological polar surface area (TPSA) is 98.4 Å². The van der Waals surface area contributed by atoms with Gasteiger partial charge in [-0.1, -0.05) is 0 Å². The van der Waals surface area contributed by atoms with Crippen molar-refractivity contribution in [1.82, 2.24) is 15.0 Å². The molecule has 0 radical (unpaired) electrons. The van der Waals surface area contributed by atoms with Gasteiger partial charge in [0, 0.05) is 6.54 Å². The summed E-state index contributed by atoms with van der Waals surface area (Å²) in [5, 5.41) is 0. The zero-order chi connectivity index (χ0) is 14.8. The van der Waals surface area contributed by atoms with E-state index in [9.17, 15) is 0 Å². The second-order valence-corrected chi connectivity index (χ2v) is 5.65. The maximum absolute atomic E-state index is 5.82. The summed E-state index contributed by atoms with van der Waals surface area (Å²) in [6.07, 6.45) is 3.65. The van der Waals surface area contributed by atoms with Gasteiger partial charge in [0.25, 0.3) is 0 Å². The van der Waals surface area contributed by atoms with Gasteiger partial charge < -0.3 is 14.4 Å². The number of nitrogens with two attached hydrogens (primary N) is 1. The van der Waals surface area contributed by atoms with E-state index in [2.05, 4.69) is 25.3 Å². The normalized spacial score (nSPS) is 25.0. The van der Waals surface area contributed by atoms with Crippen molar-refractivity contribution in [2.45, 2.75) is 51.4 Å². The molecule has 3 rings (SSSR count). The number of ether oxygens (including phenoxy) is 2. The molecule has 2 heterocycles. The van der Waals surface area contributed by atoms with Crippen LogP contribution in [0.5, 0.6) is 6.01 Å². The average Bonchev–Trinajstić information content (AvgIpc) is 2.94. The Kier molecular flexibility index (Phi) is 4.07. The van der Waals surface area contributed by atoms with Crippen molar-refractivity contribution in [3.63, 3.8) is 0 Å². The van der Waals surface area contributed by atoms with Crippen LogP contribution in [-0.2, 0) is 4.74 Å². The highest BCUT2D eigenvalue weighted by atomic mass is 16.5. The second-order valence-electron chi connectivity index (χ2n) is 5.65. The molecule has 1 aliphatic carbocycles. The summed E-state index contributed by atoms with van der Waals surface area (Å²) in [4.78, 5) is 15.1. The van der Waals surface area contributed by atoms with Gasteiger partial charge >= 0.3 is 6.01 Å². The number of nitrogen functional groups attached to an aromatic ring is 1. The van der Waals surface area contributed by atoms with E-state index in [0.29, 0.717) is 30.6 Å². The number of aromatic nitrogens is 3. The van der Waals surface area contributed by atoms with Crippen molar-refractivity contribution in [3.05, 3.63) is 0 Å². The van der Waals surface area contributed by atoms with E-state index in [1.54, 1.807) is 0 Å². The minimum Gasteiger partial charge on any atom is -0.461 e. The molecule has 3 N–H and O–H groups in total. The molecule has 1 aromatic heterocycles. The molecule has 116 valence electrons. The summed E-state index contributed by atoms with van der Waals surface area (Å²) in [6, 6.07) is 0.627. The van der Waals surface area contributed by atoms with E-state index in [4.69, 9.17) is 15.3 Å². The van der Waals surface area contributed by atoms with E-state index in [0.717, 1.165) is 19.4 Å². The van der Waals surface area contributed by atoms with Crippen LogP contribution in [0, 0.1) is 0 Å². The molecule has 2 fully saturated rings. The first-order chi connectivity index (χ1) is 10.2. The number of hydrogen-bond donors (Lipinski definition) is 2. The average molecular weight is 294 g/mol. The number of fused-ring (bicyclic) bond motifs is 1. The molecule has 2 aliphatic rings. The van der Waals surface area contributed by atoms with Gasteiger partial charge in [-0.15, -0.1) is 0 Å². The molecular weight excluding hydrogens is 272 g/mol. The smallest absolute Gasteiger partial charge is 0.323 e. The van der Waals surface area contributed by atoms with E-state index in [1.165, 1.54) is 6.42 Å². The summed E-state index contributed by atoms with van der Waals surface area (Å²) < 4.78 is 11.4. The van der Waals surface area contributed by atoms with Gasteiger partial charge in [0.2, 0.25) is 11.9 Å². The molecule has 1 aliphatic heterocycles. The molecule has 2 atom stereocenters. The maximum Gasteiger partial charge on any atom is 0.323 e. The van der Waals surface area contributed by atoms with Crippen LogP contribution in [0.1, 0.15) is 33.1 Å². The predicted molar refractivity (Wildman–Crippen MR) is 78.1 cm³/mol. The Balaban J connectivity index is 1.89. The molecule has 1 saturated carbocycles. The first-order valence-electron chi connectivity index (χ1n) is 7.45. The third-order valence-corrected chi connectivity index (χ3v) is 3.81. The fraction of sp³-hybridized carbons (Fsp3) is 0.769. The van der Waals surface area contributed by atoms with Crippen molar-refractivity contribution < 1.29 is 9.47 Å². The van der Waals surface area contributed by atoms with Crippen molar-refractivity contribution in [2.75, 3.05) is 23.5 Å². The molecule has 2 unspecified atom stereocenters. The lowest BCUT2D eigenvalue weighted by Gasteiger charge is -2.37. The van der Waals surface area contributed by atoms with Gasteiger partial charge in [-0.3, -0.25) is 5.43 Å². The lowest BCUT2D eigenvalue weighted by Crippen LogP contribution is -2.49. The summed E-state index contributed by atoms with van der Waals surface area (Å²) in [6.45, 7) is 5.33. The molecule has 21 heavy (non-hydrogen) atoms. The number of nitrogens with zero attached hydrogens (tertiary/aromatic N) is 4. The number of hydrogen-bond acceptors (Lipinski definition) is 8. The van der Waals surface area contributed by atoms with Gasteiger partial charge in [0.15, 0.2) is 0 Å². The predicted octanol–water partition coefficient (Wildman–Crippen LogP) is 0.702. The zero-order valence-electron chi connectivity index (χ0n) is 12.5. The summed E-state index contributed by atoms with van der Waals surface area (Å²) in [7, 11) is 0. The molecule has 0 aromatic carbocycles. The quantitative estimate of drug-likeness (QED) is 0.618. The zero-order valence-corrected chi connectivity index (χ0v) is 12.5. The Bertz CT molecular complexity index is 498. The van der Waals surface area contributed by atoms with Crippen LogP contribution in [-0.4, -0.2) is 46.4 Å². The Labute approximate surface area is 124 Å². The van der Waals surface area contributed by atoms with Crippen LogP contribution in [0.4, 0.5) is 11.9 Å². The standard InChI is InChI=1S/C13H22N6O2/c1-8(2)21-13-16-11(18-14)15-12(17-13)19-6-7-20-10-5-3-4-9(10)19/h8-10H,3-7,14H2,1-2H3,(H,15,16,17,18). The van der Waals surface area contributed by atoms with Crippen molar-refractivity contribution in [2.24, 2.45) is 5.84 Å². The molecule has 0 amide bonds. The Morgan fingerprint density at radius 3 is 2.95 bits per heavy atom. The monoisotopic (exact) mass is 294 g/mol. The van der Waals surface area contributed by atoms with Crippen molar-refractivity contribution >= 4 is 11.9 Å². The Morgan fingerprint density at radius 2 is 2.19 bits per heavy atom. The lowest BCUT2D eigenvalue weighted by molar-refractivity contribution is 0.0249. The largest absolute Gasteiger partial charge is 0.461 e. The first-order valence-corrected chi connectivity index (χ1v) is 7.45. The fourth-order valence-electron chi connectivity index (χ4n) is 2.98. The Morgan fingerprint density at radius 1 is 1.33 bits per heavy atom. The first kappa shape index (κ1) is 14.3. The minimum atomic E-state index is -0.00482. The number of nitrogens with one attached hydrogen (secondary N) is 1. The number of hydrazine groups is 1. The molecule has 0 bridgehead atoms. The molecule has 8 heteroatoms. The summed E-state index contributed by atoms with van der Waals surface area (Å²) in [5.41, 5.74) is 2.48. The SMILES string of the molecule is CC(C)Oc1nc(NN)nc(N2CCOC3CCCC32)n1. The number of morpholine rings is 1. The highest BCUT2D eigenvalue weighted by Crippen LogP contribution is 2.32. The minimum absolute atomic E-state index is 0.00482. The highest BCUT2D eigenvalue weighted by Gasteiger charge is 2.37. The van der Waals surface area contributed by atoms with E-state index < -0.39 is 0 Å². The van der Waals surface area contributed by atoms with E-state index >= 15 is 0 Å². The van der Waals surface area contributed by atoms with Gasteiger partial charge in [-0.05, 0) is 33.1 Å². The van der Waals surface area contributed by atoms with Crippen molar-refractivity contribution in [1.29, 1.82) is 0 Å². The molecule has 1 aromatic rings. The Hall–Kier alpha value is -1.67. The molecule has 1 saturated heterocycles. The van der Waals surface area contributed by atoms with Crippen molar-refractivity contribution in [3.8, 4) is 6.01 Å². The maximum atomic E-state index is 5.82. The fourth-order valence-corrected chi connectivity index (χ4v) is 2.98.